The largest absolute Gasteiger partial charge is 0.484 e. The number of benzene rings is 2. The van der Waals surface area contributed by atoms with Gasteiger partial charge < -0.3 is 14.3 Å². The zero-order chi connectivity index (χ0) is 14.8. The molecule has 2 aromatic carbocycles. The van der Waals surface area contributed by atoms with Gasteiger partial charge in [0.05, 0.1) is 0 Å². The first-order valence-corrected chi connectivity index (χ1v) is 6.38. The molecule has 0 aliphatic rings. The fraction of sp³-hybridized carbons (Fsp3) is 0.125. The quantitative estimate of drug-likeness (QED) is 0.794. The van der Waals surface area contributed by atoms with E-state index in [9.17, 15) is 13.9 Å². The molecule has 3 nitrogen and oxygen atoms in total. The lowest BCUT2D eigenvalue weighted by Crippen LogP contribution is -2.10. The van der Waals surface area contributed by atoms with Crippen molar-refractivity contribution in [3.05, 3.63) is 65.9 Å². The van der Waals surface area contributed by atoms with Crippen molar-refractivity contribution >= 4 is 11.0 Å². The zero-order valence-electron chi connectivity index (χ0n) is 10.9. The molecule has 0 aliphatic carbocycles. The number of hydrogen-bond acceptors (Lipinski definition) is 3. The van der Waals surface area contributed by atoms with Gasteiger partial charge >= 0.3 is 0 Å². The molecule has 0 radical (unpaired) electrons. The number of ether oxygens (including phenoxy) is 1. The Kier molecular flexibility index (Phi) is 3.58. The first-order chi connectivity index (χ1) is 10.1. The Labute approximate surface area is 119 Å². The topological polar surface area (TPSA) is 42.6 Å². The smallest absolute Gasteiger partial charge is 0.190 e. The van der Waals surface area contributed by atoms with Crippen LogP contribution in [0.15, 0.2) is 52.9 Å². The van der Waals surface area contributed by atoms with Crippen molar-refractivity contribution in [2.75, 3.05) is 6.61 Å². The number of rotatable bonds is 4. The number of aliphatic hydroxyl groups is 1. The monoisotopic (exact) mass is 290 g/mol. The first kappa shape index (κ1) is 13.6. The van der Waals surface area contributed by atoms with Crippen molar-refractivity contribution in [3.63, 3.8) is 0 Å². The van der Waals surface area contributed by atoms with E-state index in [1.165, 1.54) is 6.07 Å². The predicted octanol–water partition coefficient (Wildman–Crippen LogP) is 3.82. The molecule has 5 heteroatoms. The van der Waals surface area contributed by atoms with E-state index in [1.807, 2.05) is 18.2 Å². The molecule has 108 valence electrons. The Morgan fingerprint density at radius 1 is 1.05 bits per heavy atom. The maximum absolute atomic E-state index is 13.4. The van der Waals surface area contributed by atoms with Crippen LogP contribution in [0.5, 0.6) is 5.75 Å². The third-order valence-corrected chi connectivity index (χ3v) is 3.08. The molecule has 0 fully saturated rings. The minimum atomic E-state index is -1.11. The zero-order valence-corrected chi connectivity index (χ0v) is 10.9. The van der Waals surface area contributed by atoms with Gasteiger partial charge in [0, 0.05) is 5.39 Å². The van der Waals surface area contributed by atoms with Gasteiger partial charge in [0.25, 0.3) is 0 Å². The van der Waals surface area contributed by atoms with Gasteiger partial charge in [-0.15, -0.1) is 0 Å². The molecule has 1 atom stereocenters. The van der Waals surface area contributed by atoms with Crippen molar-refractivity contribution in [3.8, 4) is 5.75 Å². The van der Waals surface area contributed by atoms with Crippen LogP contribution in [-0.4, -0.2) is 11.7 Å². The molecule has 0 bridgehead atoms. The molecule has 1 unspecified atom stereocenters. The van der Waals surface area contributed by atoms with Crippen LogP contribution in [0, 0.1) is 11.6 Å². The summed E-state index contributed by atoms with van der Waals surface area (Å²) in [6, 6.07) is 12.4. The molecule has 3 rings (SSSR count). The lowest BCUT2D eigenvalue weighted by Gasteiger charge is -2.11. The first-order valence-electron chi connectivity index (χ1n) is 6.38. The van der Waals surface area contributed by atoms with Gasteiger partial charge in [-0.05, 0) is 24.3 Å². The maximum Gasteiger partial charge on any atom is 0.190 e. The Morgan fingerprint density at radius 3 is 2.48 bits per heavy atom. The summed E-state index contributed by atoms with van der Waals surface area (Å²) >= 11 is 0. The van der Waals surface area contributed by atoms with Crippen molar-refractivity contribution < 1.29 is 23.0 Å². The summed E-state index contributed by atoms with van der Waals surface area (Å²) in [5.74, 6) is -1.85. The summed E-state index contributed by atoms with van der Waals surface area (Å²) in [6.45, 7) is -0.308. The van der Waals surface area contributed by atoms with Crippen LogP contribution in [-0.2, 0) is 0 Å². The number of aliphatic hydroxyl groups excluding tert-OH is 1. The minimum absolute atomic E-state index is 0.285. The second-order valence-electron chi connectivity index (χ2n) is 4.56. The van der Waals surface area contributed by atoms with E-state index in [0.717, 1.165) is 17.5 Å². The highest BCUT2D eigenvalue weighted by Gasteiger charge is 2.17. The average Bonchev–Trinajstić information content (AvgIpc) is 2.90. The summed E-state index contributed by atoms with van der Waals surface area (Å²) < 4.78 is 37.3. The second kappa shape index (κ2) is 5.54. The van der Waals surface area contributed by atoms with E-state index in [4.69, 9.17) is 9.15 Å². The molecular weight excluding hydrogens is 278 g/mol. The Bertz CT molecular complexity index is 714. The highest BCUT2D eigenvalue weighted by Crippen LogP contribution is 2.26. The van der Waals surface area contributed by atoms with Gasteiger partial charge in [0.2, 0.25) is 0 Å². The average molecular weight is 290 g/mol. The highest BCUT2D eigenvalue weighted by atomic mass is 19.1. The second-order valence-corrected chi connectivity index (χ2v) is 4.56. The summed E-state index contributed by atoms with van der Waals surface area (Å²) in [5.41, 5.74) is 0.628. The number of hydrogen-bond donors (Lipinski definition) is 1. The van der Waals surface area contributed by atoms with E-state index >= 15 is 0 Å². The third-order valence-electron chi connectivity index (χ3n) is 3.08. The number of para-hydroxylation sites is 2. The van der Waals surface area contributed by atoms with Crippen LogP contribution in [0.25, 0.3) is 11.0 Å². The molecule has 3 aromatic rings. The maximum atomic E-state index is 13.4. The normalized spacial score (nSPS) is 12.5. The third kappa shape index (κ3) is 2.73. The summed E-state index contributed by atoms with van der Waals surface area (Å²) in [5, 5.41) is 10.8. The van der Waals surface area contributed by atoms with Crippen molar-refractivity contribution in [2.45, 2.75) is 6.10 Å². The van der Waals surface area contributed by atoms with Gasteiger partial charge in [0.1, 0.15) is 24.1 Å². The summed E-state index contributed by atoms with van der Waals surface area (Å²) in [4.78, 5) is 0. The standard InChI is InChI=1S/C16H12F2O3/c17-11-5-3-6-12(18)16(11)20-9-13(19)15-8-10-4-1-2-7-14(10)21-15/h1-8,13,19H,9H2. The van der Waals surface area contributed by atoms with Crippen molar-refractivity contribution in [1.82, 2.24) is 0 Å². The van der Waals surface area contributed by atoms with Crippen LogP contribution in [0.4, 0.5) is 8.78 Å². The van der Waals surface area contributed by atoms with Gasteiger partial charge in [-0.3, -0.25) is 0 Å². The molecule has 0 saturated carbocycles. The van der Waals surface area contributed by atoms with Crippen LogP contribution in [0.2, 0.25) is 0 Å². The van der Waals surface area contributed by atoms with E-state index in [0.29, 0.717) is 5.58 Å². The van der Waals surface area contributed by atoms with Crippen LogP contribution < -0.4 is 4.74 Å². The van der Waals surface area contributed by atoms with Crippen LogP contribution in [0.1, 0.15) is 11.9 Å². The Morgan fingerprint density at radius 2 is 1.76 bits per heavy atom. The highest BCUT2D eigenvalue weighted by molar-refractivity contribution is 5.77. The van der Waals surface area contributed by atoms with Gasteiger partial charge in [-0.2, -0.15) is 0 Å². The summed E-state index contributed by atoms with van der Waals surface area (Å²) in [7, 11) is 0. The van der Waals surface area contributed by atoms with Gasteiger partial charge in [-0.1, -0.05) is 24.3 Å². The van der Waals surface area contributed by atoms with E-state index < -0.39 is 23.5 Å². The molecule has 1 N–H and O–H groups in total. The fourth-order valence-electron chi connectivity index (χ4n) is 2.03. The van der Waals surface area contributed by atoms with E-state index in [2.05, 4.69) is 0 Å². The SMILES string of the molecule is OC(COc1c(F)cccc1F)c1cc2ccccc2o1. The molecule has 0 spiro atoms. The van der Waals surface area contributed by atoms with Crippen LogP contribution in [0.3, 0.4) is 0 Å². The molecule has 21 heavy (non-hydrogen) atoms. The minimum Gasteiger partial charge on any atom is -0.484 e. The summed E-state index contributed by atoms with van der Waals surface area (Å²) in [6.07, 6.45) is -1.11. The van der Waals surface area contributed by atoms with Crippen molar-refractivity contribution in [2.24, 2.45) is 0 Å². The number of halogens is 2. The molecule has 1 heterocycles. The van der Waals surface area contributed by atoms with E-state index in [1.54, 1.807) is 12.1 Å². The van der Waals surface area contributed by atoms with E-state index in [-0.39, 0.29) is 12.4 Å². The lowest BCUT2D eigenvalue weighted by molar-refractivity contribution is 0.0861. The molecule has 0 amide bonds. The van der Waals surface area contributed by atoms with Crippen molar-refractivity contribution in [1.29, 1.82) is 0 Å². The molecule has 1 aromatic heterocycles. The van der Waals surface area contributed by atoms with Crippen LogP contribution >= 0.6 is 0 Å². The fourth-order valence-corrected chi connectivity index (χ4v) is 2.03. The Balaban J connectivity index is 1.75. The predicted molar refractivity (Wildman–Crippen MR) is 73.0 cm³/mol. The van der Waals surface area contributed by atoms with Gasteiger partial charge in [-0.25, -0.2) is 8.78 Å². The van der Waals surface area contributed by atoms with Gasteiger partial charge in [0.15, 0.2) is 17.4 Å². The molecular formula is C16H12F2O3. The number of fused-ring (bicyclic) bond motifs is 1. The lowest BCUT2D eigenvalue weighted by atomic mass is 10.2. The molecule has 0 aliphatic heterocycles. The molecule has 0 saturated heterocycles. The number of furan rings is 1. The Hall–Kier alpha value is -2.40.